The molecule has 0 amide bonds. The third kappa shape index (κ3) is 3.96. The van der Waals surface area contributed by atoms with E-state index in [1.807, 2.05) is 6.07 Å². The Balaban J connectivity index is 0.00000289. The highest BCUT2D eigenvalue weighted by molar-refractivity contribution is 7.89. The van der Waals surface area contributed by atoms with Gasteiger partial charge in [-0.1, -0.05) is 0 Å². The zero-order chi connectivity index (χ0) is 13.1. The number of rotatable bonds is 4. The minimum absolute atomic E-state index is 0. The van der Waals surface area contributed by atoms with Gasteiger partial charge in [0.15, 0.2) is 0 Å². The Hall–Kier alpha value is -1.13. The van der Waals surface area contributed by atoms with Gasteiger partial charge in [-0.05, 0) is 37.6 Å². The van der Waals surface area contributed by atoms with E-state index < -0.39 is 10.0 Å². The minimum Gasteiger partial charge on any atom is -0.329 e. The fourth-order valence-corrected chi connectivity index (χ4v) is 2.88. The molecule has 0 aromatic heterocycles. The second-order valence-electron chi connectivity index (χ2n) is 3.85. The predicted molar refractivity (Wildman–Crippen MR) is 72.0 cm³/mol. The highest BCUT2D eigenvalue weighted by Crippen LogP contribution is 2.16. The van der Waals surface area contributed by atoms with Crippen molar-refractivity contribution in [2.75, 3.05) is 6.54 Å². The van der Waals surface area contributed by atoms with Crippen LogP contribution in [0.2, 0.25) is 0 Å². The monoisotopic (exact) mass is 289 g/mol. The van der Waals surface area contributed by atoms with Crippen molar-refractivity contribution in [1.29, 1.82) is 5.26 Å². The molecule has 1 rings (SSSR count). The van der Waals surface area contributed by atoms with Gasteiger partial charge in [0.25, 0.3) is 0 Å². The molecule has 0 saturated carbocycles. The van der Waals surface area contributed by atoms with Gasteiger partial charge < -0.3 is 5.73 Å². The van der Waals surface area contributed by atoms with Crippen molar-refractivity contribution in [3.8, 4) is 6.07 Å². The molecule has 5 nitrogen and oxygen atoms in total. The highest BCUT2D eigenvalue weighted by atomic mass is 35.5. The summed E-state index contributed by atoms with van der Waals surface area (Å²) in [4.78, 5) is 0.178. The quantitative estimate of drug-likeness (QED) is 0.861. The average Bonchev–Trinajstić information content (AvgIpc) is 2.27. The summed E-state index contributed by atoms with van der Waals surface area (Å²) in [5, 5.41) is 8.71. The van der Waals surface area contributed by atoms with Crippen LogP contribution >= 0.6 is 12.4 Å². The Morgan fingerprint density at radius 1 is 1.50 bits per heavy atom. The third-order valence-electron chi connectivity index (χ3n) is 2.30. The fraction of sp³-hybridized carbons (Fsp3) is 0.364. The zero-order valence-electron chi connectivity index (χ0n) is 10.2. The molecule has 1 aromatic carbocycles. The first kappa shape index (κ1) is 16.9. The van der Waals surface area contributed by atoms with E-state index in [1.54, 1.807) is 19.9 Å². The SMILES string of the molecule is Cc1cc(C#N)ccc1S(=O)(=O)N[C@H](C)CN.Cl. The number of aryl methyl sites for hydroxylation is 1. The average molecular weight is 290 g/mol. The van der Waals surface area contributed by atoms with Crippen LogP contribution in [0.15, 0.2) is 23.1 Å². The fourth-order valence-electron chi connectivity index (χ4n) is 1.40. The van der Waals surface area contributed by atoms with E-state index in [4.69, 9.17) is 11.0 Å². The maximum atomic E-state index is 12.0. The molecule has 1 atom stereocenters. The van der Waals surface area contributed by atoms with Crippen molar-refractivity contribution in [3.05, 3.63) is 29.3 Å². The maximum Gasteiger partial charge on any atom is 0.241 e. The Bertz CT molecular complexity index is 552. The number of nitrogens with two attached hydrogens (primary N) is 1. The lowest BCUT2D eigenvalue weighted by molar-refractivity contribution is 0.562. The van der Waals surface area contributed by atoms with Gasteiger partial charge in [0.1, 0.15) is 0 Å². The maximum absolute atomic E-state index is 12.0. The number of sulfonamides is 1. The zero-order valence-corrected chi connectivity index (χ0v) is 11.8. The summed E-state index contributed by atoms with van der Waals surface area (Å²) in [6, 6.07) is 6.09. The molecule has 0 aliphatic rings. The van der Waals surface area contributed by atoms with Gasteiger partial charge in [0.05, 0.1) is 16.5 Å². The van der Waals surface area contributed by atoms with E-state index in [0.29, 0.717) is 11.1 Å². The molecule has 18 heavy (non-hydrogen) atoms. The molecule has 3 N–H and O–H groups in total. The first-order valence-electron chi connectivity index (χ1n) is 5.14. The lowest BCUT2D eigenvalue weighted by atomic mass is 10.2. The topological polar surface area (TPSA) is 96.0 Å². The molecule has 0 spiro atoms. The van der Waals surface area contributed by atoms with E-state index >= 15 is 0 Å². The number of nitrogens with one attached hydrogen (secondary N) is 1. The van der Waals surface area contributed by atoms with Crippen LogP contribution in [0.25, 0.3) is 0 Å². The first-order chi connectivity index (χ1) is 7.90. The molecular formula is C11H16ClN3O2S. The number of nitrogens with zero attached hydrogens (tertiary/aromatic N) is 1. The summed E-state index contributed by atoms with van der Waals surface area (Å²) in [5.74, 6) is 0. The molecule has 0 saturated heterocycles. The molecule has 1 aromatic rings. The normalized spacial score (nSPS) is 12.3. The molecule has 0 heterocycles. The van der Waals surface area contributed by atoms with Gasteiger partial charge in [0.2, 0.25) is 10.0 Å². The molecular weight excluding hydrogens is 274 g/mol. The third-order valence-corrected chi connectivity index (χ3v) is 4.05. The van der Waals surface area contributed by atoms with E-state index in [-0.39, 0.29) is 29.9 Å². The van der Waals surface area contributed by atoms with E-state index in [1.165, 1.54) is 12.1 Å². The molecule has 0 aliphatic heterocycles. The summed E-state index contributed by atoms with van der Waals surface area (Å²) in [6.45, 7) is 3.58. The number of benzene rings is 1. The van der Waals surface area contributed by atoms with Gasteiger partial charge in [-0.2, -0.15) is 5.26 Å². The second kappa shape index (κ2) is 6.71. The smallest absolute Gasteiger partial charge is 0.241 e. The van der Waals surface area contributed by atoms with Gasteiger partial charge in [0, 0.05) is 12.6 Å². The summed E-state index contributed by atoms with van der Waals surface area (Å²) < 4.78 is 26.4. The predicted octanol–water partition coefficient (Wildman–Crippen LogP) is 0.914. The molecule has 0 fully saturated rings. The van der Waals surface area contributed by atoms with Crippen LogP contribution in [-0.2, 0) is 10.0 Å². The van der Waals surface area contributed by atoms with Crippen LogP contribution < -0.4 is 10.5 Å². The Labute approximate surface area is 113 Å². The van der Waals surface area contributed by atoms with Crippen LogP contribution in [0.5, 0.6) is 0 Å². The standard InChI is InChI=1S/C11H15N3O2S.ClH/c1-8-5-10(7-13)3-4-11(8)17(15,16)14-9(2)6-12;/h3-5,9,14H,6,12H2,1-2H3;1H/t9-;/m1./s1. The van der Waals surface area contributed by atoms with E-state index in [9.17, 15) is 8.42 Å². The molecule has 0 unspecified atom stereocenters. The lowest BCUT2D eigenvalue weighted by Crippen LogP contribution is -2.38. The number of hydrogen-bond acceptors (Lipinski definition) is 4. The number of halogens is 1. The highest BCUT2D eigenvalue weighted by Gasteiger charge is 2.18. The van der Waals surface area contributed by atoms with Gasteiger partial charge >= 0.3 is 0 Å². The molecule has 0 radical (unpaired) electrons. The lowest BCUT2D eigenvalue weighted by Gasteiger charge is -2.13. The number of hydrogen-bond donors (Lipinski definition) is 2. The van der Waals surface area contributed by atoms with Gasteiger partial charge in [-0.25, -0.2) is 13.1 Å². The summed E-state index contributed by atoms with van der Waals surface area (Å²) in [5.41, 5.74) is 6.35. The molecule has 0 bridgehead atoms. The van der Waals surface area contributed by atoms with Crippen LogP contribution in [0.3, 0.4) is 0 Å². The number of nitriles is 1. The van der Waals surface area contributed by atoms with Crippen molar-refractivity contribution in [3.63, 3.8) is 0 Å². The largest absolute Gasteiger partial charge is 0.329 e. The molecule has 7 heteroatoms. The summed E-state index contributed by atoms with van der Waals surface area (Å²) in [6.07, 6.45) is 0. The van der Waals surface area contributed by atoms with Crippen LogP contribution in [-0.4, -0.2) is 21.0 Å². The second-order valence-corrected chi connectivity index (χ2v) is 5.53. The van der Waals surface area contributed by atoms with Crippen molar-refractivity contribution in [2.24, 2.45) is 5.73 Å². The van der Waals surface area contributed by atoms with E-state index in [2.05, 4.69) is 4.72 Å². The van der Waals surface area contributed by atoms with Crippen molar-refractivity contribution >= 4 is 22.4 Å². The van der Waals surface area contributed by atoms with Crippen molar-refractivity contribution in [2.45, 2.75) is 24.8 Å². The van der Waals surface area contributed by atoms with Crippen LogP contribution in [0, 0.1) is 18.3 Å². The van der Waals surface area contributed by atoms with Gasteiger partial charge in [-0.15, -0.1) is 12.4 Å². The van der Waals surface area contributed by atoms with E-state index in [0.717, 1.165) is 0 Å². The van der Waals surface area contributed by atoms with Gasteiger partial charge in [-0.3, -0.25) is 0 Å². The molecule has 0 aliphatic carbocycles. The Morgan fingerprint density at radius 3 is 2.56 bits per heavy atom. The first-order valence-corrected chi connectivity index (χ1v) is 6.62. The van der Waals surface area contributed by atoms with Crippen LogP contribution in [0.1, 0.15) is 18.1 Å². The summed E-state index contributed by atoms with van der Waals surface area (Å²) >= 11 is 0. The Morgan fingerprint density at radius 2 is 2.11 bits per heavy atom. The molecule has 100 valence electrons. The Kier molecular flexibility index (Phi) is 6.29. The minimum atomic E-state index is -3.57. The van der Waals surface area contributed by atoms with Crippen molar-refractivity contribution in [1.82, 2.24) is 4.72 Å². The van der Waals surface area contributed by atoms with Crippen LogP contribution in [0.4, 0.5) is 0 Å². The summed E-state index contributed by atoms with van der Waals surface area (Å²) in [7, 11) is -3.57. The van der Waals surface area contributed by atoms with Crippen molar-refractivity contribution < 1.29 is 8.42 Å².